The third-order valence-corrected chi connectivity index (χ3v) is 5.10. The number of rotatable bonds is 5. The van der Waals surface area contributed by atoms with E-state index in [1.54, 1.807) is 0 Å². The van der Waals surface area contributed by atoms with Crippen LogP contribution in [-0.2, 0) is 0 Å². The standard InChI is InChI=1S/C11H14.2C10H12/c1-3-7-10(2)11-8-5-4-6-9-11;2*1-8(2)10-7-5-4-6-9(10)3/h3-6,8-10H,1,7H2,2H3;2*4-7H,1H2,2-3H3. The van der Waals surface area contributed by atoms with Gasteiger partial charge in [-0.15, -0.1) is 6.58 Å². The van der Waals surface area contributed by atoms with Crippen molar-refractivity contribution >= 4 is 11.1 Å². The predicted molar refractivity (Wildman–Crippen MR) is 141 cm³/mol. The topological polar surface area (TPSA) is 0 Å². The van der Waals surface area contributed by atoms with Gasteiger partial charge in [0.2, 0.25) is 0 Å². The molecule has 0 saturated heterocycles. The van der Waals surface area contributed by atoms with Crippen molar-refractivity contribution in [2.45, 2.75) is 47.0 Å². The van der Waals surface area contributed by atoms with E-state index in [0.717, 1.165) is 17.6 Å². The molecule has 0 nitrogen and oxygen atoms in total. The predicted octanol–water partition coefficient (Wildman–Crippen LogP) is 9.42. The van der Waals surface area contributed by atoms with Gasteiger partial charge in [0.1, 0.15) is 0 Å². The van der Waals surface area contributed by atoms with Gasteiger partial charge in [-0.1, -0.05) is 116 Å². The zero-order valence-corrected chi connectivity index (χ0v) is 20.0. The van der Waals surface area contributed by atoms with Crippen LogP contribution in [-0.4, -0.2) is 0 Å². The molecular weight excluding hydrogens is 372 g/mol. The lowest BCUT2D eigenvalue weighted by Gasteiger charge is -2.07. The van der Waals surface area contributed by atoms with E-state index < -0.39 is 0 Å². The van der Waals surface area contributed by atoms with Crippen LogP contribution in [0, 0.1) is 13.8 Å². The van der Waals surface area contributed by atoms with E-state index in [0.29, 0.717) is 5.92 Å². The van der Waals surface area contributed by atoms with Crippen molar-refractivity contribution in [3.8, 4) is 0 Å². The van der Waals surface area contributed by atoms with Crippen LogP contribution < -0.4 is 0 Å². The second-order valence-electron chi connectivity index (χ2n) is 8.03. The van der Waals surface area contributed by atoms with Crippen molar-refractivity contribution in [3.05, 3.63) is 132 Å². The molecule has 162 valence electrons. The number of benzene rings is 3. The minimum atomic E-state index is 0.605. The number of hydrogen-bond donors (Lipinski definition) is 0. The van der Waals surface area contributed by atoms with E-state index in [9.17, 15) is 0 Å². The molecule has 0 aromatic heterocycles. The molecule has 0 radical (unpaired) electrons. The van der Waals surface area contributed by atoms with Gasteiger partial charge < -0.3 is 0 Å². The summed E-state index contributed by atoms with van der Waals surface area (Å²) in [6.07, 6.45) is 3.03. The molecule has 0 aliphatic heterocycles. The Bertz CT molecular complexity index is 905. The van der Waals surface area contributed by atoms with Crippen molar-refractivity contribution in [2.75, 3.05) is 0 Å². The maximum atomic E-state index is 3.89. The summed E-state index contributed by atoms with van der Waals surface area (Å²) in [4.78, 5) is 0. The molecule has 0 heteroatoms. The zero-order chi connectivity index (χ0) is 23.2. The molecule has 0 bridgehead atoms. The van der Waals surface area contributed by atoms with Gasteiger partial charge in [-0.3, -0.25) is 0 Å². The minimum absolute atomic E-state index is 0.605. The van der Waals surface area contributed by atoms with Gasteiger partial charge in [-0.05, 0) is 67.9 Å². The van der Waals surface area contributed by atoms with Gasteiger partial charge in [0, 0.05) is 0 Å². The van der Waals surface area contributed by atoms with Crippen LogP contribution in [0.1, 0.15) is 60.9 Å². The molecule has 3 aromatic rings. The summed E-state index contributed by atoms with van der Waals surface area (Å²) in [6, 6.07) is 27.1. The maximum absolute atomic E-state index is 3.89. The molecule has 0 aliphatic carbocycles. The molecule has 1 atom stereocenters. The van der Waals surface area contributed by atoms with E-state index in [1.165, 1.54) is 27.8 Å². The first-order valence-electron chi connectivity index (χ1n) is 10.9. The Labute approximate surface area is 190 Å². The smallest absolute Gasteiger partial charge is 0.0156 e. The molecule has 0 saturated carbocycles. The van der Waals surface area contributed by atoms with Crippen LogP contribution in [0.5, 0.6) is 0 Å². The Morgan fingerprint density at radius 3 is 1.42 bits per heavy atom. The highest BCUT2D eigenvalue weighted by molar-refractivity contribution is 5.64. The molecule has 1 unspecified atom stereocenters. The van der Waals surface area contributed by atoms with Gasteiger partial charge in [0.25, 0.3) is 0 Å². The lowest BCUT2D eigenvalue weighted by molar-refractivity contribution is 0.782. The van der Waals surface area contributed by atoms with Crippen molar-refractivity contribution in [3.63, 3.8) is 0 Å². The van der Waals surface area contributed by atoms with E-state index in [2.05, 4.69) is 89.0 Å². The lowest BCUT2D eigenvalue weighted by atomic mass is 9.98. The SMILES string of the molecule is C=C(C)c1ccccc1C.C=C(C)c1ccccc1C.C=CCC(C)c1ccccc1. The Hall–Kier alpha value is -3.12. The van der Waals surface area contributed by atoms with Gasteiger partial charge >= 0.3 is 0 Å². The third-order valence-electron chi connectivity index (χ3n) is 5.10. The van der Waals surface area contributed by atoms with Crippen LogP contribution in [0.3, 0.4) is 0 Å². The van der Waals surface area contributed by atoms with E-state index in [1.807, 2.05) is 50.3 Å². The van der Waals surface area contributed by atoms with Gasteiger partial charge in [-0.2, -0.15) is 0 Å². The molecule has 0 spiro atoms. The second-order valence-corrected chi connectivity index (χ2v) is 8.03. The van der Waals surface area contributed by atoms with Crippen molar-refractivity contribution in [2.24, 2.45) is 0 Å². The fourth-order valence-electron chi connectivity index (χ4n) is 3.27. The summed E-state index contributed by atoms with van der Waals surface area (Å²) < 4.78 is 0. The molecule has 0 N–H and O–H groups in total. The van der Waals surface area contributed by atoms with E-state index in [4.69, 9.17) is 0 Å². The molecule has 0 heterocycles. The minimum Gasteiger partial charge on any atom is -0.103 e. The first-order chi connectivity index (χ1) is 14.8. The Morgan fingerprint density at radius 2 is 1.10 bits per heavy atom. The third kappa shape index (κ3) is 9.49. The maximum Gasteiger partial charge on any atom is -0.0156 e. The molecule has 0 fully saturated rings. The average Bonchev–Trinajstić information content (AvgIpc) is 2.76. The Balaban J connectivity index is 0.000000233. The number of allylic oxidation sites excluding steroid dienone is 3. The summed E-state index contributed by atoms with van der Waals surface area (Å²) in [6.45, 7) is 22.0. The highest BCUT2D eigenvalue weighted by atomic mass is 14.0. The Morgan fingerprint density at radius 1 is 0.710 bits per heavy atom. The molecule has 3 aromatic carbocycles. The monoisotopic (exact) mass is 410 g/mol. The molecule has 0 aliphatic rings. The van der Waals surface area contributed by atoms with Crippen LogP contribution in [0.4, 0.5) is 0 Å². The normalized spacial score (nSPS) is 10.5. The first kappa shape index (κ1) is 25.9. The van der Waals surface area contributed by atoms with Crippen LogP contribution in [0.2, 0.25) is 0 Å². The second kappa shape index (κ2) is 14.0. The lowest BCUT2D eigenvalue weighted by Crippen LogP contribution is -1.89. The molecule has 0 amide bonds. The van der Waals surface area contributed by atoms with Crippen molar-refractivity contribution in [1.29, 1.82) is 0 Å². The van der Waals surface area contributed by atoms with Gasteiger partial charge in [0.05, 0.1) is 0 Å². The summed E-state index contributed by atoms with van der Waals surface area (Å²) in [5.74, 6) is 0.605. The summed E-state index contributed by atoms with van der Waals surface area (Å²) >= 11 is 0. The average molecular weight is 411 g/mol. The zero-order valence-electron chi connectivity index (χ0n) is 20.0. The number of aryl methyl sites for hydroxylation is 2. The highest BCUT2D eigenvalue weighted by Gasteiger charge is 2.00. The van der Waals surface area contributed by atoms with E-state index in [-0.39, 0.29) is 0 Å². The quantitative estimate of drug-likeness (QED) is 0.367. The number of hydrogen-bond acceptors (Lipinski definition) is 0. The van der Waals surface area contributed by atoms with Crippen LogP contribution >= 0.6 is 0 Å². The largest absolute Gasteiger partial charge is 0.103 e. The fraction of sp³-hybridized carbons (Fsp3) is 0.226. The summed E-state index contributed by atoms with van der Waals surface area (Å²) in [7, 11) is 0. The van der Waals surface area contributed by atoms with Crippen molar-refractivity contribution < 1.29 is 0 Å². The first-order valence-corrected chi connectivity index (χ1v) is 10.9. The van der Waals surface area contributed by atoms with Gasteiger partial charge in [0.15, 0.2) is 0 Å². The molecule has 3 rings (SSSR count). The Kier molecular flexibility index (Phi) is 11.7. The van der Waals surface area contributed by atoms with Crippen molar-refractivity contribution in [1.82, 2.24) is 0 Å². The summed E-state index contributed by atoms with van der Waals surface area (Å²) in [5, 5.41) is 0. The highest BCUT2D eigenvalue weighted by Crippen LogP contribution is 2.18. The fourth-order valence-corrected chi connectivity index (χ4v) is 3.27. The van der Waals surface area contributed by atoms with E-state index >= 15 is 0 Å². The van der Waals surface area contributed by atoms with Gasteiger partial charge in [-0.25, -0.2) is 0 Å². The summed E-state index contributed by atoms with van der Waals surface area (Å²) in [5.41, 5.74) is 8.80. The molecular formula is C31H38. The molecule has 31 heavy (non-hydrogen) atoms. The van der Waals surface area contributed by atoms with Crippen LogP contribution in [0.15, 0.2) is 105 Å². The van der Waals surface area contributed by atoms with Crippen LogP contribution in [0.25, 0.3) is 11.1 Å².